The van der Waals surface area contributed by atoms with Crippen molar-refractivity contribution in [3.63, 3.8) is 0 Å². The first kappa shape index (κ1) is 23.3. The highest BCUT2D eigenvalue weighted by molar-refractivity contribution is 7.89. The van der Waals surface area contributed by atoms with Crippen LogP contribution in [0.3, 0.4) is 0 Å². The van der Waals surface area contributed by atoms with Crippen LogP contribution in [0.4, 0.5) is 4.79 Å². The number of rotatable bonds is 4. The number of piperidine rings is 1. The second-order valence-electron chi connectivity index (χ2n) is 8.40. The third-order valence-corrected chi connectivity index (χ3v) is 8.06. The highest BCUT2D eigenvalue weighted by atomic mass is 32.2. The van der Waals surface area contributed by atoms with Gasteiger partial charge in [0.15, 0.2) is 0 Å². The van der Waals surface area contributed by atoms with Gasteiger partial charge in [0, 0.05) is 44.8 Å². The van der Waals surface area contributed by atoms with E-state index in [0.717, 1.165) is 24.8 Å². The quantitative estimate of drug-likeness (QED) is 0.684. The summed E-state index contributed by atoms with van der Waals surface area (Å²) in [5.74, 6) is 0.252. The molecule has 0 saturated carbocycles. The van der Waals surface area contributed by atoms with Gasteiger partial charge in [-0.15, -0.1) is 0 Å². The molecule has 0 radical (unpaired) electrons. The molecule has 0 aromatic heterocycles. The fourth-order valence-corrected chi connectivity index (χ4v) is 5.71. The van der Waals surface area contributed by atoms with Gasteiger partial charge in [-0.25, -0.2) is 13.2 Å². The van der Waals surface area contributed by atoms with E-state index in [1.807, 2.05) is 6.07 Å². The number of amides is 2. The summed E-state index contributed by atoms with van der Waals surface area (Å²) in [6.07, 6.45) is 2.30. The Hall–Kier alpha value is -2.91. The van der Waals surface area contributed by atoms with Gasteiger partial charge in [0.05, 0.1) is 4.90 Å². The molecular weight excluding hydrogens is 442 g/mol. The number of para-hydroxylation sites is 1. The van der Waals surface area contributed by atoms with Crippen molar-refractivity contribution in [2.45, 2.75) is 31.1 Å². The smallest absolute Gasteiger partial charge is 0.410 e. The monoisotopic (exact) mass is 471 g/mol. The molecule has 0 atom stereocenters. The van der Waals surface area contributed by atoms with Crippen molar-refractivity contribution in [1.29, 1.82) is 0 Å². The van der Waals surface area contributed by atoms with E-state index in [1.54, 1.807) is 53.1 Å². The number of carbonyl (C=O) groups excluding carboxylic acids is 2. The van der Waals surface area contributed by atoms with E-state index in [9.17, 15) is 18.0 Å². The highest BCUT2D eigenvalue weighted by Gasteiger charge is 2.30. The summed E-state index contributed by atoms with van der Waals surface area (Å²) >= 11 is 0. The van der Waals surface area contributed by atoms with Crippen molar-refractivity contribution in [2.24, 2.45) is 0 Å². The molecule has 8 nitrogen and oxygen atoms in total. The van der Waals surface area contributed by atoms with Gasteiger partial charge in [-0.3, -0.25) is 4.79 Å². The van der Waals surface area contributed by atoms with Crippen LogP contribution in [0.2, 0.25) is 0 Å². The average Bonchev–Trinajstić information content (AvgIpc) is 2.85. The largest absolute Gasteiger partial charge is 0.415 e. The van der Waals surface area contributed by atoms with Crippen LogP contribution in [0.25, 0.3) is 0 Å². The van der Waals surface area contributed by atoms with E-state index >= 15 is 0 Å². The minimum Gasteiger partial charge on any atom is -0.410 e. The maximum Gasteiger partial charge on any atom is 0.415 e. The molecule has 0 spiro atoms. The Morgan fingerprint density at radius 2 is 1.45 bits per heavy atom. The van der Waals surface area contributed by atoms with E-state index in [0.29, 0.717) is 50.6 Å². The Morgan fingerprint density at radius 1 is 0.818 bits per heavy atom. The lowest BCUT2D eigenvalue weighted by Crippen LogP contribution is -2.51. The zero-order valence-electron chi connectivity index (χ0n) is 18.8. The van der Waals surface area contributed by atoms with Gasteiger partial charge in [0.2, 0.25) is 10.0 Å². The Balaban J connectivity index is 1.42. The lowest BCUT2D eigenvalue weighted by Gasteiger charge is -2.34. The summed E-state index contributed by atoms with van der Waals surface area (Å²) < 4.78 is 33.0. The van der Waals surface area contributed by atoms with Crippen molar-refractivity contribution in [1.82, 2.24) is 14.1 Å². The zero-order chi connectivity index (χ0) is 23.4. The van der Waals surface area contributed by atoms with Crippen LogP contribution in [0.15, 0.2) is 53.4 Å². The van der Waals surface area contributed by atoms with E-state index in [2.05, 4.69) is 0 Å². The van der Waals surface area contributed by atoms with E-state index in [1.165, 1.54) is 10.4 Å². The minimum atomic E-state index is -3.62. The predicted octanol–water partition coefficient (Wildman–Crippen LogP) is 3.13. The topological polar surface area (TPSA) is 87.2 Å². The van der Waals surface area contributed by atoms with E-state index in [4.69, 9.17) is 4.74 Å². The summed E-state index contributed by atoms with van der Waals surface area (Å²) in [6.45, 7) is 4.24. The molecule has 2 heterocycles. The maximum atomic E-state index is 13.2. The van der Waals surface area contributed by atoms with Gasteiger partial charge < -0.3 is 14.5 Å². The highest BCUT2D eigenvalue weighted by Crippen LogP contribution is 2.24. The number of aryl methyl sites for hydroxylation is 1. The standard InChI is InChI=1S/C24H29N3O5S/c1-19-10-11-21(33(30,31)27-12-6-3-7-13-27)18-22(19)23(28)25-14-16-26(17-15-25)24(29)32-20-8-4-2-5-9-20/h2,4-5,8-11,18H,3,6-7,12-17H2,1H3. The number of ether oxygens (including phenoxy) is 1. The van der Waals surface area contributed by atoms with Crippen LogP contribution in [0.5, 0.6) is 5.75 Å². The zero-order valence-corrected chi connectivity index (χ0v) is 19.6. The number of hydrogen-bond donors (Lipinski definition) is 0. The second kappa shape index (κ2) is 9.93. The van der Waals surface area contributed by atoms with Gasteiger partial charge >= 0.3 is 6.09 Å². The number of benzene rings is 2. The molecule has 2 aliphatic heterocycles. The molecule has 0 bridgehead atoms. The molecule has 2 aliphatic rings. The molecule has 0 aliphatic carbocycles. The SMILES string of the molecule is Cc1ccc(S(=O)(=O)N2CCCCC2)cc1C(=O)N1CCN(C(=O)Oc2ccccc2)CC1. The number of sulfonamides is 1. The Morgan fingerprint density at radius 3 is 2.12 bits per heavy atom. The summed E-state index contributed by atoms with van der Waals surface area (Å²) in [6, 6.07) is 13.6. The molecule has 0 unspecified atom stereocenters. The molecule has 2 aromatic rings. The first-order valence-corrected chi connectivity index (χ1v) is 12.7. The molecule has 9 heteroatoms. The van der Waals surface area contributed by atoms with Crippen molar-refractivity contribution in [2.75, 3.05) is 39.3 Å². The van der Waals surface area contributed by atoms with E-state index < -0.39 is 16.1 Å². The predicted molar refractivity (Wildman–Crippen MR) is 124 cm³/mol. The molecule has 4 rings (SSSR count). The van der Waals surface area contributed by atoms with Crippen LogP contribution in [0, 0.1) is 6.92 Å². The Kier molecular flexibility index (Phi) is 6.99. The van der Waals surface area contributed by atoms with Gasteiger partial charge in [0.25, 0.3) is 5.91 Å². The van der Waals surface area contributed by atoms with Gasteiger partial charge in [-0.2, -0.15) is 4.31 Å². The number of nitrogens with zero attached hydrogens (tertiary/aromatic N) is 3. The molecule has 2 aromatic carbocycles. The molecule has 2 amide bonds. The third kappa shape index (κ3) is 5.20. The van der Waals surface area contributed by atoms with Crippen LogP contribution in [-0.2, 0) is 10.0 Å². The molecule has 2 saturated heterocycles. The van der Waals surface area contributed by atoms with E-state index in [-0.39, 0.29) is 10.8 Å². The molecule has 176 valence electrons. The van der Waals surface area contributed by atoms with Crippen LogP contribution in [0.1, 0.15) is 35.2 Å². The number of hydrogen-bond acceptors (Lipinski definition) is 5. The summed E-state index contributed by atoms with van der Waals surface area (Å²) in [5.41, 5.74) is 1.11. The molecular formula is C24H29N3O5S. The number of piperazine rings is 1. The first-order valence-electron chi connectivity index (χ1n) is 11.3. The van der Waals surface area contributed by atoms with Crippen molar-refractivity contribution in [3.8, 4) is 5.75 Å². The van der Waals surface area contributed by atoms with Gasteiger partial charge in [-0.05, 0) is 49.6 Å². The maximum absolute atomic E-state index is 13.2. The van der Waals surface area contributed by atoms with Gasteiger partial charge in [0.1, 0.15) is 5.75 Å². The number of carbonyl (C=O) groups is 2. The van der Waals surface area contributed by atoms with Crippen molar-refractivity contribution in [3.05, 3.63) is 59.7 Å². The van der Waals surface area contributed by atoms with Crippen LogP contribution < -0.4 is 4.74 Å². The lowest BCUT2D eigenvalue weighted by atomic mass is 10.1. The molecule has 0 N–H and O–H groups in total. The third-order valence-electron chi connectivity index (χ3n) is 6.17. The lowest BCUT2D eigenvalue weighted by molar-refractivity contribution is 0.0632. The molecule has 33 heavy (non-hydrogen) atoms. The van der Waals surface area contributed by atoms with Crippen molar-refractivity contribution < 1.29 is 22.7 Å². The molecule has 2 fully saturated rings. The summed E-state index contributed by atoms with van der Waals surface area (Å²) in [7, 11) is -3.62. The van der Waals surface area contributed by atoms with Crippen molar-refractivity contribution >= 4 is 22.0 Å². The summed E-state index contributed by atoms with van der Waals surface area (Å²) in [5, 5.41) is 0. The van der Waals surface area contributed by atoms with Crippen LogP contribution >= 0.6 is 0 Å². The fourth-order valence-electron chi connectivity index (χ4n) is 4.16. The average molecular weight is 472 g/mol. The fraction of sp³-hybridized carbons (Fsp3) is 0.417. The Labute approximate surface area is 194 Å². The first-order chi connectivity index (χ1) is 15.9. The van der Waals surface area contributed by atoms with Gasteiger partial charge in [-0.1, -0.05) is 30.7 Å². The summed E-state index contributed by atoms with van der Waals surface area (Å²) in [4.78, 5) is 29.0. The normalized spacial score (nSPS) is 17.6. The van der Waals surface area contributed by atoms with Crippen LogP contribution in [-0.4, -0.2) is 73.8 Å². The Bertz CT molecular complexity index is 1110. The minimum absolute atomic E-state index is 0.156. The second-order valence-corrected chi connectivity index (χ2v) is 10.3.